The summed E-state index contributed by atoms with van der Waals surface area (Å²) in [4.78, 5) is 12.6. The predicted molar refractivity (Wildman–Crippen MR) is 60.5 cm³/mol. The number of hydrogen-bond donors (Lipinski definition) is 2. The Balaban J connectivity index is 2.16. The van der Waals surface area contributed by atoms with Gasteiger partial charge in [0.2, 0.25) is 0 Å². The number of aliphatic hydroxyl groups is 1. The molecule has 1 aliphatic heterocycles. The molecule has 0 saturated carbocycles. The summed E-state index contributed by atoms with van der Waals surface area (Å²) in [7, 11) is 0. The molecule has 1 aromatic rings. The molecule has 0 saturated heterocycles. The van der Waals surface area contributed by atoms with Crippen LogP contribution >= 0.6 is 0 Å². The minimum Gasteiger partial charge on any atom is -0.481 e. The minimum atomic E-state index is -0.772. The number of nitrogens with zero attached hydrogens (tertiary/aromatic N) is 1. The molecule has 0 radical (unpaired) electrons. The Morgan fingerprint density at radius 1 is 1.44 bits per heavy atom. The summed E-state index contributed by atoms with van der Waals surface area (Å²) in [5.41, 5.74) is 3.19. The highest BCUT2D eigenvalue weighted by atomic mass is 16.4. The van der Waals surface area contributed by atoms with Crippen LogP contribution in [0.2, 0.25) is 0 Å². The van der Waals surface area contributed by atoms with Crippen molar-refractivity contribution in [2.75, 3.05) is 18.0 Å². The van der Waals surface area contributed by atoms with Crippen molar-refractivity contribution < 1.29 is 15.0 Å². The molecule has 0 aliphatic carbocycles. The van der Waals surface area contributed by atoms with Gasteiger partial charge in [-0.05, 0) is 23.6 Å². The number of carbonyl (C=O) groups is 1. The quantitative estimate of drug-likeness (QED) is 0.796. The third-order valence-electron chi connectivity index (χ3n) is 2.99. The van der Waals surface area contributed by atoms with Gasteiger partial charge in [-0.1, -0.05) is 12.1 Å². The van der Waals surface area contributed by atoms with Crippen molar-refractivity contribution in [1.29, 1.82) is 0 Å². The summed E-state index contributed by atoms with van der Waals surface area (Å²) in [5.74, 6) is -0.772. The molecule has 4 heteroatoms. The zero-order valence-electron chi connectivity index (χ0n) is 9.02. The highest BCUT2D eigenvalue weighted by molar-refractivity contribution is 5.68. The second-order valence-corrected chi connectivity index (χ2v) is 3.95. The normalized spacial score (nSPS) is 13.9. The predicted octanol–water partition coefficient (Wildman–Crippen LogP) is 1.02. The number of aliphatic carboxylic acids is 1. The maximum absolute atomic E-state index is 10.5. The van der Waals surface area contributed by atoms with Gasteiger partial charge in [-0.25, -0.2) is 0 Å². The Hall–Kier alpha value is -1.55. The van der Waals surface area contributed by atoms with E-state index in [9.17, 15) is 9.90 Å². The lowest BCUT2D eigenvalue weighted by atomic mass is 10.1. The van der Waals surface area contributed by atoms with Crippen LogP contribution in [0.15, 0.2) is 18.2 Å². The number of fused-ring (bicyclic) bond motifs is 1. The van der Waals surface area contributed by atoms with Gasteiger partial charge in [-0.15, -0.1) is 0 Å². The zero-order chi connectivity index (χ0) is 11.5. The standard InChI is InChI=1S/C12H15NO3/c14-8-9-2-1-3-11-10(9)4-6-13(11)7-5-12(15)16/h1-3,14H,4-8H2,(H,15,16). The fourth-order valence-corrected chi connectivity index (χ4v) is 2.18. The van der Waals surface area contributed by atoms with Crippen LogP contribution in [0.5, 0.6) is 0 Å². The number of aliphatic hydroxyl groups excluding tert-OH is 1. The summed E-state index contributed by atoms with van der Waals surface area (Å²) in [6, 6.07) is 5.81. The van der Waals surface area contributed by atoms with E-state index >= 15 is 0 Å². The van der Waals surface area contributed by atoms with E-state index in [0.29, 0.717) is 6.54 Å². The van der Waals surface area contributed by atoms with Crippen LogP contribution in [0.4, 0.5) is 5.69 Å². The molecule has 1 aliphatic rings. The molecule has 4 nitrogen and oxygen atoms in total. The molecule has 86 valence electrons. The first kappa shape index (κ1) is 11.0. The van der Waals surface area contributed by atoms with Gasteiger partial charge in [-0.3, -0.25) is 4.79 Å². The van der Waals surface area contributed by atoms with Crippen LogP contribution in [-0.4, -0.2) is 29.3 Å². The second-order valence-electron chi connectivity index (χ2n) is 3.95. The van der Waals surface area contributed by atoms with Crippen LogP contribution in [0.1, 0.15) is 17.5 Å². The van der Waals surface area contributed by atoms with Crippen LogP contribution in [0.3, 0.4) is 0 Å². The first-order chi connectivity index (χ1) is 7.72. The van der Waals surface area contributed by atoms with Crippen molar-refractivity contribution in [3.63, 3.8) is 0 Å². The van der Waals surface area contributed by atoms with E-state index in [1.807, 2.05) is 18.2 Å². The van der Waals surface area contributed by atoms with Crippen LogP contribution in [0, 0.1) is 0 Å². The molecule has 2 N–H and O–H groups in total. The average Bonchev–Trinajstić information content (AvgIpc) is 2.69. The van der Waals surface area contributed by atoms with Gasteiger partial charge in [0.05, 0.1) is 13.0 Å². The average molecular weight is 221 g/mol. The Bertz CT molecular complexity index is 403. The van der Waals surface area contributed by atoms with Gasteiger partial charge in [0, 0.05) is 18.8 Å². The topological polar surface area (TPSA) is 60.8 Å². The molecule has 1 heterocycles. The third kappa shape index (κ3) is 2.02. The molecule has 1 aromatic carbocycles. The highest BCUT2D eigenvalue weighted by Gasteiger charge is 2.21. The first-order valence-electron chi connectivity index (χ1n) is 5.40. The van der Waals surface area contributed by atoms with Crippen molar-refractivity contribution >= 4 is 11.7 Å². The van der Waals surface area contributed by atoms with E-state index in [-0.39, 0.29) is 13.0 Å². The monoisotopic (exact) mass is 221 g/mol. The van der Waals surface area contributed by atoms with E-state index in [1.54, 1.807) is 0 Å². The maximum atomic E-state index is 10.5. The molecule has 2 rings (SSSR count). The summed E-state index contributed by atoms with van der Waals surface area (Å²) in [6.45, 7) is 1.44. The number of carboxylic acids is 1. The Labute approximate surface area is 94.1 Å². The van der Waals surface area contributed by atoms with E-state index < -0.39 is 5.97 Å². The Morgan fingerprint density at radius 2 is 2.25 bits per heavy atom. The molecule has 0 unspecified atom stereocenters. The number of benzene rings is 1. The van der Waals surface area contributed by atoms with Crippen LogP contribution in [-0.2, 0) is 17.8 Å². The summed E-state index contributed by atoms with van der Waals surface area (Å²) < 4.78 is 0. The molecule has 0 bridgehead atoms. The van der Waals surface area contributed by atoms with Gasteiger partial charge < -0.3 is 15.1 Å². The van der Waals surface area contributed by atoms with Gasteiger partial charge >= 0.3 is 5.97 Å². The fourth-order valence-electron chi connectivity index (χ4n) is 2.18. The first-order valence-corrected chi connectivity index (χ1v) is 5.40. The lowest BCUT2D eigenvalue weighted by Gasteiger charge is -2.18. The van der Waals surface area contributed by atoms with E-state index in [0.717, 1.165) is 29.8 Å². The fraction of sp³-hybridized carbons (Fsp3) is 0.417. The summed E-state index contributed by atoms with van der Waals surface area (Å²) in [5, 5.41) is 17.8. The van der Waals surface area contributed by atoms with Gasteiger partial charge in [-0.2, -0.15) is 0 Å². The molecule has 0 fully saturated rings. The van der Waals surface area contributed by atoms with Crippen molar-refractivity contribution in [1.82, 2.24) is 0 Å². The smallest absolute Gasteiger partial charge is 0.305 e. The third-order valence-corrected chi connectivity index (χ3v) is 2.99. The van der Waals surface area contributed by atoms with E-state index in [4.69, 9.17) is 5.11 Å². The Morgan fingerprint density at radius 3 is 2.94 bits per heavy atom. The SMILES string of the molecule is O=C(O)CCN1CCc2c(CO)cccc21. The lowest BCUT2D eigenvalue weighted by Crippen LogP contribution is -2.23. The highest BCUT2D eigenvalue weighted by Crippen LogP contribution is 2.30. The molecular formula is C12H15NO3. The van der Waals surface area contributed by atoms with Crippen molar-refractivity contribution in [2.24, 2.45) is 0 Å². The minimum absolute atomic E-state index is 0.0515. The largest absolute Gasteiger partial charge is 0.481 e. The zero-order valence-corrected chi connectivity index (χ0v) is 9.02. The molecule has 0 aromatic heterocycles. The van der Waals surface area contributed by atoms with Crippen molar-refractivity contribution in [2.45, 2.75) is 19.4 Å². The lowest BCUT2D eigenvalue weighted by molar-refractivity contribution is -0.136. The van der Waals surface area contributed by atoms with Gasteiger partial charge in [0.25, 0.3) is 0 Å². The van der Waals surface area contributed by atoms with Crippen LogP contribution in [0.25, 0.3) is 0 Å². The number of anilines is 1. The molecule has 0 spiro atoms. The Kier molecular flexibility index (Phi) is 3.10. The van der Waals surface area contributed by atoms with Crippen LogP contribution < -0.4 is 4.90 Å². The number of carboxylic acid groups (broad SMARTS) is 1. The van der Waals surface area contributed by atoms with Crippen molar-refractivity contribution in [3.05, 3.63) is 29.3 Å². The molecule has 0 atom stereocenters. The van der Waals surface area contributed by atoms with Crippen molar-refractivity contribution in [3.8, 4) is 0 Å². The number of rotatable bonds is 4. The number of hydrogen-bond acceptors (Lipinski definition) is 3. The van der Waals surface area contributed by atoms with E-state index in [2.05, 4.69) is 4.90 Å². The second kappa shape index (κ2) is 4.53. The summed E-state index contributed by atoms with van der Waals surface area (Å²) in [6.07, 6.45) is 1.05. The molecule has 0 amide bonds. The maximum Gasteiger partial charge on any atom is 0.305 e. The summed E-state index contributed by atoms with van der Waals surface area (Å²) >= 11 is 0. The van der Waals surface area contributed by atoms with Gasteiger partial charge in [0.15, 0.2) is 0 Å². The molecule has 16 heavy (non-hydrogen) atoms. The van der Waals surface area contributed by atoms with Gasteiger partial charge in [0.1, 0.15) is 0 Å². The molecular weight excluding hydrogens is 206 g/mol. The van der Waals surface area contributed by atoms with E-state index in [1.165, 1.54) is 0 Å².